The summed E-state index contributed by atoms with van der Waals surface area (Å²) in [7, 11) is 0. The second-order valence-corrected chi connectivity index (χ2v) is 5.09. The van der Waals surface area contributed by atoms with E-state index in [0.717, 1.165) is 0 Å². The number of esters is 1. The van der Waals surface area contributed by atoms with Crippen molar-refractivity contribution in [2.24, 2.45) is 0 Å². The molecule has 1 heterocycles. The van der Waals surface area contributed by atoms with Gasteiger partial charge in [0.2, 0.25) is 0 Å². The number of benzene rings is 2. The lowest BCUT2D eigenvalue weighted by molar-refractivity contribution is -0.384. The summed E-state index contributed by atoms with van der Waals surface area (Å²) in [5, 5.41) is 21.4. The number of nitrogens with one attached hydrogen (secondary N) is 1. The van der Waals surface area contributed by atoms with E-state index in [1.54, 1.807) is 37.3 Å². The molecule has 2 aromatic carbocycles. The molecule has 0 unspecified atom stereocenters. The highest BCUT2D eigenvalue weighted by molar-refractivity contribution is 5.96. The smallest absolute Gasteiger partial charge is 0.361 e. The highest BCUT2D eigenvalue weighted by Crippen LogP contribution is 2.33. The normalized spacial score (nSPS) is 10.4. The summed E-state index contributed by atoms with van der Waals surface area (Å²) < 4.78 is 4.99. The summed E-state index contributed by atoms with van der Waals surface area (Å²) in [4.78, 5) is 22.6. The molecular weight excluding hydrogens is 324 g/mol. The summed E-state index contributed by atoms with van der Waals surface area (Å²) >= 11 is 0. The molecule has 8 nitrogen and oxygen atoms in total. The molecule has 0 saturated heterocycles. The van der Waals surface area contributed by atoms with Gasteiger partial charge in [-0.05, 0) is 18.1 Å². The van der Waals surface area contributed by atoms with Crippen LogP contribution in [0, 0.1) is 10.1 Å². The Morgan fingerprint density at radius 1 is 1.16 bits per heavy atom. The van der Waals surface area contributed by atoms with Crippen LogP contribution in [0.4, 0.5) is 5.69 Å². The van der Waals surface area contributed by atoms with Crippen LogP contribution in [0.2, 0.25) is 0 Å². The van der Waals surface area contributed by atoms with Crippen molar-refractivity contribution in [1.29, 1.82) is 0 Å². The van der Waals surface area contributed by atoms with Gasteiger partial charge in [0.15, 0.2) is 5.69 Å². The first-order chi connectivity index (χ1) is 12.1. The van der Waals surface area contributed by atoms with Gasteiger partial charge in [0, 0.05) is 17.7 Å². The van der Waals surface area contributed by atoms with E-state index >= 15 is 0 Å². The fourth-order valence-corrected chi connectivity index (χ4v) is 2.49. The van der Waals surface area contributed by atoms with Gasteiger partial charge >= 0.3 is 5.97 Å². The highest BCUT2D eigenvalue weighted by atomic mass is 16.6. The maximum atomic E-state index is 12.1. The minimum atomic E-state index is -0.583. The standard InChI is InChI=1S/C17H14N4O4/c1-2-25-17(22)16-15(18-20-19-16)14-9-4-3-8-13(14)11-6-5-7-12(10-11)21(23)24/h3-10H,2H2,1H3,(H,18,19,20). The van der Waals surface area contributed by atoms with Crippen LogP contribution in [-0.4, -0.2) is 32.9 Å². The van der Waals surface area contributed by atoms with E-state index < -0.39 is 10.9 Å². The van der Waals surface area contributed by atoms with Crippen LogP contribution in [0.5, 0.6) is 0 Å². The Labute approximate surface area is 142 Å². The van der Waals surface area contributed by atoms with Crippen molar-refractivity contribution >= 4 is 11.7 Å². The van der Waals surface area contributed by atoms with Crippen LogP contribution in [0.15, 0.2) is 48.5 Å². The zero-order valence-electron chi connectivity index (χ0n) is 13.3. The van der Waals surface area contributed by atoms with Crippen molar-refractivity contribution in [1.82, 2.24) is 15.4 Å². The van der Waals surface area contributed by atoms with E-state index in [-0.39, 0.29) is 18.0 Å². The Morgan fingerprint density at radius 2 is 1.92 bits per heavy atom. The zero-order valence-corrected chi connectivity index (χ0v) is 13.3. The Morgan fingerprint density at radius 3 is 2.64 bits per heavy atom. The number of aromatic nitrogens is 3. The number of carbonyl (C=O) groups is 1. The van der Waals surface area contributed by atoms with Gasteiger partial charge in [-0.3, -0.25) is 10.1 Å². The van der Waals surface area contributed by atoms with E-state index in [4.69, 9.17) is 4.74 Å². The second kappa shape index (κ2) is 6.91. The number of hydrogen-bond acceptors (Lipinski definition) is 6. The average Bonchev–Trinajstić information content (AvgIpc) is 3.12. The number of nitrogens with zero attached hydrogens (tertiary/aromatic N) is 3. The van der Waals surface area contributed by atoms with Crippen LogP contribution in [0.1, 0.15) is 17.4 Å². The van der Waals surface area contributed by atoms with Gasteiger partial charge in [0.25, 0.3) is 5.69 Å². The van der Waals surface area contributed by atoms with Gasteiger partial charge in [-0.2, -0.15) is 10.3 Å². The van der Waals surface area contributed by atoms with Crippen LogP contribution in [0.3, 0.4) is 0 Å². The van der Waals surface area contributed by atoms with Crippen molar-refractivity contribution in [2.75, 3.05) is 6.61 Å². The fourth-order valence-electron chi connectivity index (χ4n) is 2.49. The topological polar surface area (TPSA) is 111 Å². The molecule has 0 bridgehead atoms. The van der Waals surface area contributed by atoms with Gasteiger partial charge in [0.05, 0.1) is 11.5 Å². The van der Waals surface area contributed by atoms with Crippen molar-refractivity contribution < 1.29 is 14.5 Å². The maximum Gasteiger partial charge on any atom is 0.361 e. The lowest BCUT2D eigenvalue weighted by Gasteiger charge is -2.08. The van der Waals surface area contributed by atoms with Crippen LogP contribution in [-0.2, 0) is 4.74 Å². The van der Waals surface area contributed by atoms with Crippen molar-refractivity contribution in [3.05, 3.63) is 64.3 Å². The largest absolute Gasteiger partial charge is 0.461 e. The molecule has 1 aromatic heterocycles. The van der Waals surface area contributed by atoms with Crippen molar-refractivity contribution in [2.45, 2.75) is 6.92 Å². The number of nitro benzene ring substituents is 1. The quantitative estimate of drug-likeness (QED) is 0.434. The number of rotatable bonds is 5. The first-order valence-electron chi connectivity index (χ1n) is 7.54. The average molecular weight is 338 g/mol. The van der Waals surface area contributed by atoms with Crippen molar-refractivity contribution in [3.8, 4) is 22.4 Å². The Kier molecular flexibility index (Phi) is 4.51. The minimum absolute atomic E-state index is 0.0157. The number of H-pyrrole nitrogens is 1. The monoisotopic (exact) mass is 338 g/mol. The lowest BCUT2D eigenvalue weighted by atomic mass is 9.96. The molecule has 0 spiro atoms. The third kappa shape index (κ3) is 3.23. The van der Waals surface area contributed by atoms with E-state index in [2.05, 4.69) is 15.4 Å². The number of non-ortho nitro benzene ring substituents is 1. The van der Waals surface area contributed by atoms with Gasteiger partial charge in [0.1, 0.15) is 5.69 Å². The summed E-state index contributed by atoms with van der Waals surface area (Å²) in [5.41, 5.74) is 2.35. The Bertz CT molecular complexity index is 936. The van der Waals surface area contributed by atoms with Crippen LogP contribution < -0.4 is 0 Å². The van der Waals surface area contributed by atoms with E-state index in [1.165, 1.54) is 12.1 Å². The predicted molar refractivity (Wildman–Crippen MR) is 89.9 cm³/mol. The minimum Gasteiger partial charge on any atom is -0.461 e. The molecule has 0 fully saturated rings. The SMILES string of the molecule is CCOC(=O)c1n[nH]nc1-c1ccccc1-c1cccc([N+](=O)[O-])c1. The molecule has 3 aromatic rings. The van der Waals surface area contributed by atoms with Gasteiger partial charge in [-0.15, -0.1) is 5.10 Å². The fraction of sp³-hybridized carbons (Fsp3) is 0.118. The molecular formula is C17H14N4O4. The van der Waals surface area contributed by atoms with Crippen molar-refractivity contribution in [3.63, 3.8) is 0 Å². The summed E-state index contributed by atoms with van der Waals surface area (Å²) in [6, 6.07) is 13.4. The maximum absolute atomic E-state index is 12.1. The number of aromatic amines is 1. The molecule has 0 aliphatic heterocycles. The number of hydrogen-bond donors (Lipinski definition) is 1. The first kappa shape index (κ1) is 16.3. The Hall–Kier alpha value is -3.55. The predicted octanol–water partition coefficient (Wildman–Crippen LogP) is 3.22. The zero-order chi connectivity index (χ0) is 17.8. The molecule has 0 radical (unpaired) electrons. The molecule has 0 aliphatic rings. The number of ether oxygens (including phenoxy) is 1. The Balaban J connectivity index is 2.12. The second-order valence-electron chi connectivity index (χ2n) is 5.09. The number of nitro groups is 1. The summed E-state index contributed by atoms with van der Waals surface area (Å²) in [6.45, 7) is 1.92. The highest BCUT2D eigenvalue weighted by Gasteiger charge is 2.21. The van der Waals surface area contributed by atoms with Gasteiger partial charge in [-0.1, -0.05) is 36.4 Å². The van der Waals surface area contributed by atoms with Gasteiger partial charge in [-0.25, -0.2) is 4.79 Å². The molecule has 1 N–H and O–H groups in total. The molecule has 0 aliphatic carbocycles. The van der Waals surface area contributed by atoms with E-state index in [9.17, 15) is 14.9 Å². The molecule has 126 valence electrons. The van der Waals surface area contributed by atoms with Crippen LogP contribution >= 0.6 is 0 Å². The third-order valence-corrected chi connectivity index (χ3v) is 3.57. The molecule has 8 heteroatoms. The molecule has 25 heavy (non-hydrogen) atoms. The summed E-state index contributed by atoms with van der Waals surface area (Å²) in [5.74, 6) is -0.583. The molecule has 0 amide bonds. The number of carbonyl (C=O) groups excluding carboxylic acids is 1. The first-order valence-corrected chi connectivity index (χ1v) is 7.54. The van der Waals surface area contributed by atoms with Crippen LogP contribution in [0.25, 0.3) is 22.4 Å². The third-order valence-electron chi connectivity index (χ3n) is 3.57. The van der Waals surface area contributed by atoms with E-state index in [0.29, 0.717) is 22.4 Å². The lowest BCUT2D eigenvalue weighted by Crippen LogP contribution is -2.07. The molecule has 0 atom stereocenters. The summed E-state index contributed by atoms with van der Waals surface area (Å²) in [6.07, 6.45) is 0. The molecule has 0 saturated carbocycles. The van der Waals surface area contributed by atoms with Gasteiger partial charge < -0.3 is 4.74 Å². The van der Waals surface area contributed by atoms with E-state index in [1.807, 2.05) is 6.07 Å². The molecule has 3 rings (SSSR count).